The predicted octanol–water partition coefficient (Wildman–Crippen LogP) is 2.51. The highest BCUT2D eigenvalue weighted by Crippen LogP contribution is 2.31. The quantitative estimate of drug-likeness (QED) is 0.898. The fourth-order valence-corrected chi connectivity index (χ4v) is 2.20. The molecule has 0 radical (unpaired) electrons. The van der Waals surface area contributed by atoms with Crippen LogP contribution in [0.3, 0.4) is 0 Å². The Morgan fingerprint density at radius 3 is 2.76 bits per heavy atom. The van der Waals surface area contributed by atoms with Crippen molar-refractivity contribution in [1.29, 1.82) is 0 Å². The molecule has 1 amide bonds. The van der Waals surface area contributed by atoms with E-state index in [1.165, 1.54) is 6.07 Å². The number of hydrogen-bond acceptors (Lipinski definition) is 3. The third kappa shape index (κ3) is 3.87. The van der Waals surface area contributed by atoms with Crippen molar-refractivity contribution in [2.75, 3.05) is 32.1 Å². The fourth-order valence-electron chi connectivity index (χ4n) is 2.20. The van der Waals surface area contributed by atoms with Crippen LogP contribution in [0.4, 0.5) is 18.9 Å². The monoisotopic (exact) mass is 302 g/mol. The molecule has 1 aliphatic heterocycles. The largest absolute Gasteiger partial charge is 0.416 e. The summed E-state index contributed by atoms with van der Waals surface area (Å²) in [6.45, 7) is 1.63. The Balaban J connectivity index is 2.13. The fraction of sp³-hybridized carbons (Fsp3) is 0.500. The number of anilines is 1. The minimum absolute atomic E-state index is 0.00811. The number of amides is 1. The predicted molar refractivity (Wildman–Crippen MR) is 72.2 cm³/mol. The van der Waals surface area contributed by atoms with Crippen LogP contribution in [-0.2, 0) is 10.9 Å². The maximum absolute atomic E-state index is 12.7. The Morgan fingerprint density at radius 1 is 1.43 bits per heavy atom. The zero-order chi connectivity index (χ0) is 15.5. The Hall–Kier alpha value is -1.76. The maximum atomic E-state index is 12.7. The lowest BCUT2D eigenvalue weighted by atomic mass is 10.1. The van der Waals surface area contributed by atoms with Crippen LogP contribution in [0.25, 0.3) is 0 Å². The number of carbonyl (C=O) groups is 1. The van der Waals surface area contributed by atoms with Gasteiger partial charge in [-0.05, 0) is 24.6 Å². The van der Waals surface area contributed by atoms with Crippen LogP contribution in [0.15, 0.2) is 18.2 Å². The van der Waals surface area contributed by atoms with Gasteiger partial charge in [0, 0.05) is 31.8 Å². The van der Waals surface area contributed by atoms with E-state index in [9.17, 15) is 18.0 Å². The van der Waals surface area contributed by atoms with Gasteiger partial charge in [-0.3, -0.25) is 4.79 Å². The lowest BCUT2D eigenvalue weighted by molar-refractivity contribution is -0.137. The molecule has 1 unspecified atom stereocenters. The van der Waals surface area contributed by atoms with Gasteiger partial charge >= 0.3 is 6.18 Å². The van der Waals surface area contributed by atoms with Gasteiger partial charge in [0.1, 0.15) is 0 Å². The average molecular weight is 302 g/mol. The van der Waals surface area contributed by atoms with E-state index in [0.717, 1.165) is 18.6 Å². The lowest BCUT2D eigenvalue weighted by Crippen LogP contribution is -2.30. The molecule has 1 aliphatic rings. The van der Waals surface area contributed by atoms with Gasteiger partial charge in [0.15, 0.2) is 0 Å². The molecule has 116 valence electrons. The van der Waals surface area contributed by atoms with Crippen LogP contribution in [0.1, 0.15) is 22.3 Å². The Kier molecular flexibility index (Phi) is 4.72. The van der Waals surface area contributed by atoms with Gasteiger partial charge in [-0.1, -0.05) is 0 Å². The number of alkyl halides is 3. The van der Waals surface area contributed by atoms with Crippen molar-refractivity contribution in [1.82, 2.24) is 5.32 Å². The zero-order valence-electron chi connectivity index (χ0n) is 11.6. The molecule has 1 aromatic carbocycles. The highest BCUT2D eigenvalue weighted by Gasteiger charge is 2.31. The van der Waals surface area contributed by atoms with E-state index >= 15 is 0 Å². The summed E-state index contributed by atoms with van der Waals surface area (Å²) in [4.78, 5) is 12.1. The standard InChI is InChI=1S/C14H17F3N2O2/c1-18-12-3-2-10(14(15,16)17)6-11(12)13(20)19-7-9-4-5-21-8-9/h2-3,6,9,18H,4-5,7-8H2,1H3,(H,19,20). The summed E-state index contributed by atoms with van der Waals surface area (Å²) < 4.78 is 43.4. The molecule has 1 heterocycles. The molecule has 1 atom stereocenters. The third-order valence-electron chi connectivity index (χ3n) is 3.44. The molecule has 0 aliphatic carbocycles. The van der Waals surface area contributed by atoms with Gasteiger partial charge in [0.05, 0.1) is 17.7 Å². The molecule has 0 saturated carbocycles. The molecular weight excluding hydrogens is 285 g/mol. The van der Waals surface area contributed by atoms with E-state index < -0.39 is 17.6 Å². The van der Waals surface area contributed by atoms with Crippen molar-refractivity contribution in [3.8, 4) is 0 Å². The van der Waals surface area contributed by atoms with Gasteiger partial charge < -0.3 is 15.4 Å². The summed E-state index contributed by atoms with van der Waals surface area (Å²) in [5.41, 5.74) is -0.481. The summed E-state index contributed by atoms with van der Waals surface area (Å²) in [5.74, 6) is -0.296. The van der Waals surface area contributed by atoms with Crippen molar-refractivity contribution in [3.05, 3.63) is 29.3 Å². The summed E-state index contributed by atoms with van der Waals surface area (Å²) >= 11 is 0. The van der Waals surface area contributed by atoms with Crippen LogP contribution in [0.2, 0.25) is 0 Å². The minimum atomic E-state index is -4.47. The molecule has 21 heavy (non-hydrogen) atoms. The normalized spacial score (nSPS) is 18.6. The molecule has 1 aromatic rings. The molecular formula is C14H17F3N2O2. The van der Waals surface area contributed by atoms with E-state index in [-0.39, 0.29) is 11.5 Å². The Bertz CT molecular complexity index is 511. The maximum Gasteiger partial charge on any atom is 0.416 e. The number of benzene rings is 1. The van der Waals surface area contributed by atoms with Crippen LogP contribution in [0, 0.1) is 5.92 Å². The first-order valence-electron chi connectivity index (χ1n) is 6.66. The Labute approximate surface area is 120 Å². The number of halogens is 3. The van der Waals surface area contributed by atoms with Crippen molar-refractivity contribution >= 4 is 11.6 Å². The van der Waals surface area contributed by atoms with Gasteiger partial charge in [-0.2, -0.15) is 13.2 Å². The molecule has 0 spiro atoms. The van der Waals surface area contributed by atoms with Gasteiger partial charge in [-0.25, -0.2) is 0 Å². The lowest BCUT2D eigenvalue weighted by Gasteiger charge is -2.14. The zero-order valence-corrected chi connectivity index (χ0v) is 11.6. The van der Waals surface area contributed by atoms with Gasteiger partial charge in [-0.15, -0.1) is 0 Å². The first kappa shape index (κ1) is 15.6. The van der Waals surface area contributed by atoms with Crippen molar-refractivity contribution in [2.45, 2.75) is 12.6 Å². The second-order valence-corrected chi connectivity index (χ2v) is 4.95. The van der Waals surface area contributed by atoms with E-state index in [0.29, 0.717) is 25.4 Å². The number of hydrogen-bond donors (Lipinski definition) is 2. The molecule has 0 aromatic heterocycles. The van der Waals surface area contributed by atoms with Crippen molar-refractivity contribution in [3.63, 3.8) is 0 Å². The van der Waals surface area contributed by atoms with Crippen LogP contribution in [0.5, 0.6) is 0 Å². The number of carbonyl (C=O) groups excluding carboxylic acids is 1. The number of nitrogens with one attached hydrogen (secondary N) is 2. The molecule has 0 bridgehead atoms. The number of ether oxygens (including phenoxy) is 1. The second-order valence-electron chi connectivity index (χ2n) is 4.95. The summed E-state index contributed by atoms with van der Waals surface area (Å²) in [5, 5.41) is 5.40. The first-order valence-corrected chi connectivity index (χ1v) is 6.66. The van der Waals surface area contributed by atoms with Crippen LogP contribution in [-0.4, -0.2) is 32.7 Å². The van der Waals surface area contributed by atoms with Crippen LogP contribution < -0.4 is 10.6 Å². The highest BCUT2D eigenvalue weighted by molar-refractivity contribution is 5.99. The highest BCUT2D eigenvalue weighted by atomic mass is 19.4. The van der Waals surface area contributed by atoms with E-state index in [1.807, 2.05) is 0 Å². The molecule has 1 saturated heterocycles. The van der Waals surface area contributed by atoms with E-state index in [2.05, 4.69) is 10.6 Å². The third-order valence-corrected chi connectivity index (χ3v) is 3.44. The second kappa shape index (κ2) is 6.34. The van der Waals surface area contributed by atoms with E-state index in [1.54, 1.807) is 7.05 Å². The molecule has 7 heteroatoms. The topological polar surface area (TPSA) is 50.4 Å². The summed E-state index contributed by atoms with van der Waals surface area (Å²) in [7, 11) is 1.56. The Morgan fingerprint density at radius 2 is 2.19 bits per heavy atom. The molecule has 4 nitrogen and oxygen atoms in total. The summed E-state index contributed by atoms with van der Waals surface area (Å²) in [6.07, 6.45) is -3.62. The van der Waals surface area contributed by atoms with Gasteiger partial charge in [0.25, 0.3) is 5.91 Å². The van der Waals surface area contributed by atoms with Crippen molar-refractivity contribution < 1.29 is 22.7 Å². The van der Waals surface area contributed by atoms with Gasteiger partial charge in [0.2, 0.25) is 0 Å². The minimum Gasteiger partial charge on any atom is -0.387 e. The number of rotatable bonds is 4. The molecule has 2 N–H and O–H groups in total. The average Bonchev–Trinajstić information content (AvgIpc) is 2.96. The first-order chi connectivity index (χ1) is 9.91. The van der Waals surface area contributed by atoms with Crippen LogP contribution >= 0.6 is 0 Å². The van der Waals surface area contributed by atoms with Crippen molar-refractivity contribution in [2.24, 2.45) is 5.92 Å². The molecule has 2 rings (SSSR count). The van der Waals surface area contributed by atoms with E-state index in [4.69, 9.17) is 4.74 Å². The molecule has 1 fully saturated rings. The SMILES string of the molecule is CNc1ccc(C(F)(F)F)cc1C(=O)NCC1CCOC1. The smallest absolute Gasteiger partial charge is 0.387 e. The summed E-state index contributed by atoms with van der Waals surface area (Å²) in [6, 6.07) is 3.08.